The number of aromatic amines is 2. The Balaban J connectivity index is 2.68. The highest BCUT2D eigenvalue weighted by molar-refractivity contribution is 5.93. The lowest BCUT2D eigenvalue weighted by Gasteiger charge is -2.01. The van der Waals surface area contributed by atoms with E-state index < -0.39 is 11.7 Å². The summed E-state index contributed by atoms with van der Waals surface area (Å²) in [5.74, 6) is -1.14. The molecule has 0 bridgehead atoms. The maximum Gasteiger partial charge on any atom is 0.345 e. The van der Waals surface area contributed by atoms with Crippen LogP contribution in [-0.2, 0) is 0 Å². The summed E-state index contributed by atoms with van der Waals surface area (Å²) in [6, 6.07) is 3.37. The van der Waals surface area contributed by atoms with Gasteiger partial charge in [0, 0.05) is 12.4 Å². The van der Waals surface area contributed by atoms with Gasteiger partial charge in [-0.05, 0) is 12.1 Å². The third-order valence-corrected chi connectivity index (χ3v) is 1.91. The number of H-pyrrole nitrogens is 2. The SMILES string of the molecule is O=C(O)c1cnc(=O)[nH]c1-c1ccc[nH]1. The molecule has 0 aromatic carbocycles. The molecule has 6 heteroatoms. The Labute approximate surface area is 83.6 Å². The van der Waals surface area contributed by atoms with Crippen LogP contribution < -0.4 is 5.69 Å². The van der Waals surface area contributed by atoms with Gasteiger partial charge >= 0.3 is 11.7 Å². The standard InChI is InChI=1S/C9H7N3O3/c13-8(14)5-4-11-9(15)12-7(5)6-2-1-3-10-6/h1-4,10H,(H,13,14)(H,11,12,15). The number of hydrogen-bond acceptors (Lipinski definition) is 3. The predicted molar refractivity (Wildman–Crippen MR) is 51.6 cm³/mol. The number of hydrogen-bond donors (Lipinski definition) is 3. The number of nitrogens with one attached hydrogen (secondary N) is 2. The molecule has 2 heterocycles. The molecule has 0 saturated carbocycles. The van der Waals surface area contributed by atoms with Gasteiger partial charge in [0.25, 0.3) is 0 Å². The molecule has 0 spiro atoms. The van der Waals surface area contributed by atoms with Gasteiger partial charge in [-0.1, -0.05) is 0 Å². The van der Waals surface area contributed by atoms with E-state index in [0.29, 0.717) is 5.69 Å². The zero-order valence-electron chi connectivity index (χ0n) is 7.52. The number of nitrogens with zero attached hydrogens (tertiary/aromatic N) is 1. The van der Waals surface area contributed by atoms with Gasteiger partial charge in [-0.25, -0.2) is 14.6 Å². The van der Waals surface area contributed by atoms with Crippen molar-refractivity contribution in [2.75, 3.05) is 0 Å². The molecule has 0 aliphatic heterocycles. The smallest absolute Gasteiger partial charge is 0.345 e. The minimum atomic E-state index is -1.14. The zero-order valence-corrected chi connectivity index (χ0v) is 7.52. The lowest BCUT2D eigenvalue weighted by atomic mass is 10.2. The topological polar surface area (TPSA) is 98.8 Å². The second kappa shape index (κ2) is 3.41. The van der Waals surface area contributed by atoms with Crippen molar-refractivity contribution >= 4 is 5.97 Å². The quantitative estimate of drug-likeness (QED) is 0.663. The molecule has 2 rings (SSSR count). The van der Waals surface area contributed by atoms with Crippen LogP contribution >= 0.6 is 0 Å². The summed E-state index contributed by atoms with van der Waals surface area (Å²) < 4.78 is 0. The summed E-state index contributed by atoms with van der Waals surface area (Å²) >= 11 is 0. The molecule has 0 aliphatic carbocycles. The van der Waals surface area contributed by atoms with Crippen molar-refractivity contribution in [1.82, 2.24) is 15.0 Å². The normalized spacial score (nSPS) is 10.1. The summed E-state index contributed by atoms with van der Waals surface area (Å²) in [5.41, 5.74) is 0.140. The van der Waals surface area contributed by atoms with Crippen molar-refractivity contribution in [3.05, 3.63) is 40.6 Å². The van der Waals surface area contributed by atoms with Gasteiger partial charge in [-0.15, -0.1) is 0 Å². The first-order valence-electron chi connectivity index (χ1n) is 4.15. The van der Waals surface area contributed by atoms with Gasteiger partial charge < -0.3 is 15.1 Å². The Bertz CT molecular complexity index is 542. The Morgan fingerprint density at radius 2 is 2.27 bits per heavy atom. The largest absolute Gasteiger partial charge is 0.478 e. The Morgan fingerprint density at radius 1 is 1.47 bits per heavy atom. The van der Waals surface area contributed by atoms with Gasteiger partial charge in [-0.3, -0.25) is 0 Å². The van der Waals surface area contributed by atoms with Crippen molar-refractivity contribution < 1.29 is 9.90 Å². The van der Waals surface area contributed by atoms with Crippen LogP contribution in [0, 0.1) is 0 Å². The van der Waals surface area contributed by atoms with E-state index in [2.05, 4.69) is 15.0 Å². The number of carboxylic acids is 1. The van der Waals surface area contributed by atoms with E-state index in [0.717, 1.165) is 6.20 Å². The summed E-state index contributed by atoms with van der Waals surface area (Å²) in [4.78, 5) is 30.4. The van der Waals surface area contributed by atoms with E-state index in [1.165, 1.54) is 0 Å². The molecule has 2 aromatic heterocycles. The van der Waals surface area contributed by atoms with Crippen molar-refractivity contribution in [3.63, 3.8) is 0 Å². The average Bonchev–Trinajstić information content (AvgIpc) is 2.69. The van der Waals surface area contributed by atoms with E-state index in [4.69, 9.17) is 5.11 Å². The lowest BCUT2D eigenvalue weighted by molar-refractivity contribution is 0.0697. The monoisotopic (exact) mass is 205 g/mol. The summed E-state index contributed by atoms with van der Waals surface area (Å²) in [6.07, 6.45) is 2.68. The molecule has 0 fully saturated rings. The van der Waals surface area contributed by atoms with E-state index in [1.807, 2.05) is 0 Å². The third kappa shape index (κ3) is 1.64. The molecule has 0 saturated heterocycles. The summed E-state index contributed by atoms with van der Waals surface area (Å²) in [6.45, 7) is 0. The molecule has 15 heavy (non-hydrogen) atoms. The molecule has 76 valence electrons. The van der Waals surface area contributed by atoms with Gasteiger partial charge in [0.15, 0.2) is 0 Å². The van der Waals surface area contributed by atoms with Crippen LogP contribution in [0.25, 0.3) is 11.4 Å². The van der Waals surface area contributed by atoms with Crippen LogP contribution in [0.2, 0.25) is 0 Å². The highest BCUT2D eigenvalue weighted by Gasteiger charge is 2.13. The molecule has 6 nitrogen and oxygen atoms in total. The average molecular weight is 205 g/mol. The first kappa shape index (κ1) is 9.20. The van der Waals surface area contributed by atoms with E-state index in [1.54, 1.807) is 18.3 Å². The van der Waals surface area contributed by atoms with Crippen molar-refractivity contribution in [3.8, 4) is 11.4 Å². The molecular weight excluding hydrogens is 198 g/mol. The van der Waals surface area contributed by atoms with E-state index >= 15 is 0 Å². The first-order chi connectivity index (χ1) is 7.18. The molecule has 0 radical (unpaired) electrons. The molecule has 2 aromatic rings. The lowest BCUT2D eigenvalue weighted by Crippen LogP contribution is -2.15. The number of carbonyl (C=O) groups is 1. The molecule has 0 amide bonds. The minimum absolute atomic E-state index is 0.0444. The molecule has 0 aliphatic rings. The third-order valence-electron chi connectivity index (χ3n) is 1.91. The highest BCUT2D eigenvalue weighted by Crippen LogP contribution is 2.16. The van der Waals surface area contributed by atoms with E-state index in [9.17, 15) is 9.59 Å². The van der Waals surface area contributed by atoms with Crippen molar-refractivity contribution in [2.24, 2.45) is 0 Å². The fourth-order valence-corrected chi connectivity index (χ4v) is 1.25. The van der Waals surface area contributed by atoms with Crippen LogP contribution in [0.1, 0.15) is 10.4 Å². The molecule has 0 atom stereocenters. The molecule has 0 unspecified atom stereocenters. The summed E-state index contributed by atoms with van der Waals surface area (Å²) in [7, 11) is 0. The van der Waals surface area contributed by atoms with Crippen LogP contribution in [0.4, 0.5) is 0 Å². The Morgan fingerprint density at radius 3 is 2.87 bits per heavy atom. The van der Waals surface area contributed by atoms with Gasteiger partial charge in [0.1, 0.15) is 5.56 Å². The highest BCUT2D eigenvalue weighted by atomic mass is 16.4. The Hall–Kier alpha value is -2.37. The zero-order chi connectivity index (χ0) is 10.8. The van der Waals surface area contributed by atoms with Gasteiger partial charge in [0.2, 0.25) is 0 Å². The molecular formula is C9H7N3O3. The maximum atomic E-state index is 11.0. The fraction of sp³-hybridized carbons (Fsp3) is 0. The fourth-order valence-electron chi connectivity index (χ4n) is 1.25. The number of aromatic carboxylic acids is 1. The van der Waals surface area contributed by atoms with Crippen LogP contribution in [0.15, 0.2) is 29.3 Å². The minimum Gasteiger partial charge on any atom is -0.478 e. The number of aromatic nitrogens is 3. The number of rotatable bonds is 2. The van der Waals surface area contributed by atoms with Gasteiger partial charge in [0.05, 0.1) is 11.4 Å². The van der Waals surface area contributed by atoms with Crippen LogP contribution in [0.5, 0.6) is 0 Å². The second-order valence-electron chi connectivity index (χ2n) is 2.87. The number of carboxylic acid groups (broad SMARTS) is 1. The van der Waals surface area contributed by atoms with Crippen molar-refractivity contribution in [2.45, 2.75) is 0 Å². The molecule has 3 N–H and O–H groups in total. The predicted octanol–water partition coefficient (Wildman–Crippen LogP) is 0.463. The maximum absolute atomic E-state index is 11.0. The second-order valence-corrected chi connectivity index (χ2v) is 2.87. The van der Waals surface area contributed by atoms with Gasteiger partial charge in [-0.2, -0.15) is 0 Å². The van der Waals surface area contributed by atoms with Crippen LogP contribution in [-0.4, -0.2) is 26.0 Å². The van der Waals surface area contributed by atoms with E-state index in [-0.39, 0.29) is 11.3 Å². The van der Waals surface area contributed by atoms with Crippen LogP contribution in [0.3, 0.4) is 0 Å². The summed E-state index contributed by atoms with van der Waals surface area (Å²) in [5, 5.41) is 8.88. The first-order valence-corrected chi connectivity index (χ1v) is 4.15. The Kier molecular flexibility index (Phi) is 2.09. The van der Waals surface area contributed by atoms with Crippen molar-refractivity contribution in [1.29, 1.82) is 0 Å².